The summed E-state index contributed by atoms with van der Waals surface area (Å²) in [4.78, 5) is 0. The van der Waals surface area contributed by atoms with E-state index in [1.165, 1.54) is 93.4 Å². The molecule has 2 atom stereocenters. The van der Waals surface area contributed by atoms with Crippen molar-refractivity contribution in [1.82, 2.24) is 0 Å². The Morgan fingerprint density at radius 3 is 1.38 bits per heavy atom. The van der Waals surface area contributed by atoms with Crippen LogP contribution in [0.5, 0.6) is 0 Å². The summed E-state index contributed by atoms with van der Waals surface area (Å²) in [6.45, 7) is 18.6. The summed E-state index contributed by atoms with van der Waals surface area (Å²) >= 11 is -4.79. The minimum atomic E-state index is -4.79. The van der Waals surface area contributed by atoms with Crippen LogP contribution >= 0.6 is 17.0 Å². The van der Waals surface area contributed by atoms with Crippen molar-refractivity contribution < 1.29 is 15.0 Å². The molecule has 218 valence electrons. The maximum atomic E-state index is 8.83. The molecule has 0 fully saturated rings. The molecule has 2 aliphatic carbocycles. The van der Waals surface area contributed by atoms with Gasteiger partial charge in [0.2, 0.25) is 0 Å². The average molecular weight is 675 g/mol. The van der Waals surface area contributed by atoms with Crippen LogP contribution in [0.15, 0.2) is 35.4 Å². The molecule has 0 saturated carbocycles. The van der Waals surface area contributed by atoms with Gasteiger partial charge in [-0.1, -0.05) is 0 Å². The molecule has 40 heavy (non-hydrogen) atoms. The zero-order valence-electron chi connectivity index (χ0n) is 26.4. The first-order valence-corrected chi connectivity index (χ1v) is 30.8. The fourth-order valence-corrected chi connectivity index (χ4v) is 54.9. The quantitative estimate of drug-likeness (QED) is 0.197. The molecule has 0 N–H and O–H groups in total. The van der Waals surface area contributed by atoms with Crippen molar-refractivity contribution in [3.8, 4) is 0 Å². The molecule has 0 saturated heterocycles. The van der Waals surface area contributed by atoms with Gasteiger partial charge >= 0.3 is 256 Å². The number of fused-ring (bicyclic) bond motifs is 2. The molecule has 0 nitrogen and oxygen atoms in total. The molecule has 0 aromatic heterocycles. The summed E-state index contributed by atoms with van der Waals surface area (Å²) in [7, 11) is 17.7. The van der Waals surface area contributed by atoms with Crippen molar-refractivity contribution in [3.63, 3.8) is 0 Å². The van der Waals surface area contributed by atoms with E-state index in [1.54, 1.807) is 0 Å². The van der Waals surface area contributed by atoms with Gasteiger partial charge in [0.1, 0.15) is 0 Å². The zero-order valence-corrected chi connectivity index (χ0v) is 31.4. The third-order valence-corrected chi connectivity index (χ3v) is 53.7. The summed E-state index contributed by atoms with van der Waals surface area (Å²) in [5.41, 5.74) is 13.5. The zero-order chi connectivity index (χ0) is 29.3. The first-order valence-electron chi connectivity index (χ1n) is 16.1. The van der Waals surface area contributed by atoms with Crippen LogP contribution in [0.25, 0.3) is 12.2 Å². The third-order valence-electron chi connectivity index (χ3n) is 9.86. The molecule has 2 aromatic carbocycles. The normalized spacial score (nSPS) is 18.5. The van der Waals surface area contributed by atoms with Crippen LogP contribution in [-0.2, 0) is 27.9 Å². The monoisotopic (exact) mass is 672 g/mol. The molecule has 4 rings (SSSR count). The van der Waals surface area contributed by atoms with Gasteiger partial charge in [-0.2, -0.15) is 0 Å². The molecular weight excluding hydrogens is 623 g/mol. The molecule has 2 unspecified atom stereocenters. The Hall–Kier alpha value is -0.400. The van der Waals surface area contributed by atoms with Crippen molar-refractivity contribution in [3.05, 3.63) is 79.9 Å². The molecule has 2 aliphatic rings. The summed E-state index contributed by atoms with van der Waals surface area (Å²) in [5, 5.41) is 0. The van der Waals surface area contributed by atoms with E-state index >= 15 is 0 Å². The molecule has 0 aliphatic heterocycles. The Kier molecular flexibility index (Phi) is 10.6. The Labute approximate surface area is 253 Å². The molecule has 4 heteroatoms. The maximum absolute atomic E-state index is 8.83. The van der Waals surface area contributed by atoms with Gasteiger partial charge in [-0.05, 0) is 0 Å². The molecule has 0 bridgehead atoms. The molecule has 2 aromatic rings. The van der Waals surface area contributed by atoms with Crippen molar-refractivity contribution in [2.45, 2.75) is 126 Å². The number of aryl methyl sites for hydroxylation is 4. The Bertz CT molecular complexity index is 1300. The number of halogens is 2. The summed E-state index contributed by atoms with van der Waals surface area (Å²) in [6, 6.07) is 12.0. The number of rotatable bonds is 12. The summed E-state index contributed by atoms with van der Waals surface area (Å²) in [5.74, 6) is 0. The van der Waals surface area contributed by atoms with Crippen LogP contribution in [0.1, 0.15) is 132 Å². The van der Waals surface area contributed by atoms with E-state index in [1.807, 2.05) is 0 Å². The molecule has 0 spiro atoms. The fraction of sp³-hybridized carbons (Fsp3) is 0.556. The van der Waals surface area contributed by atoms with Crippen molar-refractivity contribution in [2.24, 2.45) is 0 Å². The van der Waals surface area contributed by atoms with Gasteiger partial charge in [0.15, 0.2) is 0 Å². The van der Waals surface area contributed by atoms with Crippen LogP contribution in [0.3, 0.4) is 0 Å². The molecule has 0 heterocycles. The number of allylic oxidation sites excluding steroid dienone is 2. The van der Waals surface area contributed by atoms with Gasteiger partial charge in [0.05, 0.1) is 0 Å². The summed E-state index contributed by atoms with van der Waals surface area (Å²) < 4.78 is 0.403. The van der Waals surface area contributed by atoms with Crippen LogP contribution in [0.2, 0.25) is 12.1 Å². The van der Waals surface area contributed by atoms with Crippen molar-refractivity contribution in [2.75, 3.05) is 0 Å². The fourth-order valence-electron chi connectivity index (χ4n) is 8.06. The van der Waals surface area contributed by atoms with E-state index in [0.717, 1.165) is 25.7 Å². The van der Waals surface area contributed by atoms with Gasteiger partial charge in [-0.15, -0.1) is 0 Å². The number of unbranched alkanes of at least 4 members (excludes halogenated alkanes) is 2. The van der Waals surface area contributed by atoms with Crippen LogP contribution in [-0.4, -0.2) is 5.43 Å². The number of benzene rings is 2. The van der Waals surface area contributed by atoms with E-state index in [9.17, 15) is 0 Å². The van der Waals surface area contributed by atoms with E-state index < -0.39 is 20.4 Å². The predicted molar refractivity (Wildman–Crippen MR) is 180 cm³/mol. The molecule has 0 radical (unpaired) electrons. The second-order valence-electron chi connectivity index (χ2n) is 12.8. The number of hydrogen-bond donors (Lipinski definition) is 0. The minimum absolute atomic E-state index is 0.202. The second kappa shape index (κ2) is 13.1. The van der Waals surface area contributed by atoms with E-state index in [0.29, 0.717) is 0 Å². The van der Waals surface area contributed by atoms with Crippen molar-refractivity contribution >= 4 is 34.6 Å². The predicted octanol–water partition coefficient (Wildman–Crippen LogP) is 12.4. The average Bonchev–Trinajstić information content (AvgIpc) is 3.47. The first-order chi connectivity index (χ1) is 19.0. The van der Waals surface area contributed by atoms with Gasteiger partial charge < -0.3 is 0 Å². The van der Waals surface area contributed by atoms with E-state index in [4.69, 9.17) is 17.0 Å². The van der Waals surface area contributed by atoms with Gasteiger partial charge in [-0.25, -0.2) is 0 Å². The van der Waals surface area contributed by atoms with Crippen molar-refractivity contribution in [1.29, 1.82) is 0 Å². The van der Waals surface area contributed by atoms with E-state index in [-0.39, 0.29) is 7.25 Å². The Balaban J connectivity index is 2.15. The molecular formula is C36H52Cl2SiZr. The van der Waals surface area contributed by atoms with Crippen LogP contribution in [0.4, 0.5) is 0 Å². The standard InChI is InChI=1S/2C14H17.C8H18Si.2ClH.Zr/c2*1-4-5-12-7-6-11(3)13-8-10(2)9-14(12)13;1-3-5-7-9-8-6-4-2;;;/h2*6-9H,4-5H2,1-3H3;3-8H2,1-2H3;2*1H;/q;;;;;+2/p-2. The van der Waals surface area contributed by atoms with Gasteiger partial charge in [-0.3, -0.25) is 0 Å². The second-order valence-corrected chi connectivity index (χ2v) is 49.7. The first kappa shape index (κ1) is 32.5. The SMILES string of the molecule is CCCC[Si](CCCC)=[Zr]([Cl])([Cl])([CH]1C(C)=Cc2c(CCC)ccc(C)c21)[CH]1C(C)=Cc2c(CCC)ccc(C)c21. The van der Waals surface area contributed by atoms with Crippen LogP contribution < -0.4 is 0 Å². The van der Waals surface area contributed by atoms with Gasteiger partial charge in [0, 0.05) is 0 Å². The Morgan fingerprint density at radius 2 is 1.02 bits per heavy atom. The number of hydrogen-bond acceptors (Lipinski definition) is 0. The third kappa shape index (κ3) is 5.51. The topological polar surface area (TPSA) is 0 Å². The van der Waals surface area contributed by atoms with Gasteiger partial charge in [0.25, 0.3) is 0 Å². The Morgan fingerprint density at radius 1 is 0.625 bits per heavy atom. The van der Waals surface area contributed by atoms with E-state index in [2.05, 4.69) is 91.8 Å². The van der Waals surface area contributed by atoms with Crippen LogP contribution in [0, 0.1) is 13.8 Å². The summed E-state index contributed by atoms with van der Waals surface area (Å²) in [6.07, 6.45) is 14.5. The molecule has 0 amide bonds.